The molecule has 1 saturated carbocycles. The van der Waals surface area contributed by atoms with Crippen LogP contribution in [0.3, 0.4) is 0 Å². The smallest absolute Gasteiger partial charge is 0.243 e. The fourth-order valence-corrected chi connectivity index (χ4v) is 5.76. The second-order valence-corrected chi connectivity index (χ2v) is 13.3. The maximum atomic E-state index is 13.7. The molecule has 0 bridgehead atoms. The average Bonchev–Trinajstić information content (AvgIpc) is 2.97. The molecular weight excluding hydrogens is 691 g/mol. The van der Waals surface area contributed by atoms with Gasteiger partial charge in [0.15, 0.2) is 5.96 Å². The average molecular weight is 741 g/mol. The van der Waals surface area contributed by atoms with Gasteiger partial charge in [0.2, 0.25) is 29.5 Å². The van der Waals surface area contributed by atoms with E-state index in [-0.39, 0.29) is 43.1 Å². The second kappa shape index (κ2) is 19.2. The first kappa shape index (κ1) is 37.8. The molecule has 1 aromatic rings. The van der Waals surface area contributed by atoms with Crippen molar-refractivity contribution in [2.24, 2.45) is 34.0 Å². The van der Waals surface area contributed by atoms with Crippen molar-refractivity contribution in [3.05, 3.63) is 33.4 Å². The van der Waals surface area contributed by atoms with Crippen molar-refractivity contribution in [1.82, 2.24) is 21.3 Å². The number of hydrogen-bond donors (Lipinski definition) is 7. The van der Waals surface area contributed by atoms with Gasteiger partial charge in [-0.05, 0) is 71.4 Å². The van der Waals surface area contributed by atoms with Crippen LogP contribution in [0.5, 0.6) is 0 Å². The molecule has 0 unspecified atom stereocenters. The molecule has 0 aliphatic heterocycles. The Morgan fingerprint density at radius 3 is 1.98 bits per heavy atom. The molecule has 5 amide bonds. The minimum Gasteiger partial charge on any atom is -0.370 e. The van der Waals surface area contributed by atoms with Gasteiger partial charge in [-0.3, -0.25) is 29.0 Å². The van der Waals surface area contributed by atoms with E-state index in [1.54, 1.807) is 13.8 Å². The van der Waals surface area contributed by atoms with E-state index in [0.717, 1.165) is 41.2 Å². The summed E-state index contributed by atoms with van der Waals surface area (Å²) in [6.45, 7) is 5.08. The number of nitrogens with zero attached hydrogens (tertiary/aromatic N) is 1. The van der Waals surface area contributed by atoms with Crippen LogP contribution in [-0.2, 0) is 30.4 Å². The first-order valence-electron chi connectivity index (χ1n) is 15.5. The molecule has 1 aliphatic carbocycles. The number of nitrogens with two attached hydrogens (primary N) is 3. The first-order chi connectivity index (χ1) is 21.3. The Morgan fingerprint density at radius 1 is 0.844 bits per heavy atom. The highest BCUT2D eigenvalue weighted by atomic mass is 127. The lowest BCUT2D eigenvalue weighted by molar-refractivity contribution is -0.134. The Bertz CT molecular complexity index is 1180. The maximum absolute atomic E-state index is 13.7. The maximum Gasteiger partial charge on any atom is 0.243 e. The summed E-state index contributed by atoms with van der Waals surface area (Å²) in [6, 6.07) is 3.61. The minimum absolute atomic E-state index is 0.0999. The largest absolute Gasteiger partial charge is 0.370 e. The number of aliphatic imine (C=N–C) groups is 1. The zero-order valence-corrected chi connectivity index (χ0v) is 28.6. The fraction of sp³-hybridized carbons (Fsp3) is 0.613. The number of rotatable bonds is 17. The number of nitrogens with one attached hydrogen (secondary N) is 4. The van der Waals surface area contributed by atoms with Crippen molar-refractivity contribution in [3.8, 4) is 0 Å². The van der Waals surface area contributed by atoms with Gasteiger partial charge in [-0.25, -0.2) is 0 Å². The van der Waals surface area contributed by atoms with Gasteiger partial charge in [0.1, 0.15) is 24.2 Å². The molecule has 0 radical (unpaired) electrons. The summed E-state index contributed by atoms with van der Waals surface area (Å²) in [5.41, 5.74) is 17.4. The molecule has 2 rings (SSSR count). The topological polar surface area (TPSA) is 224 Å². The summed E-state index contributed by atoms with van der Waals surface area (Å²) >= 11 is 2.18. The molecule has 0 aromatic heterocycles. The molecule has 13 nitrogen and oxygen atoms in total. The van der Waals surface area contributed by atoms with Gasteiger partial charge >= 0.3 is 0 Å². The van der Waals surface area contributed by atoms with E-state index in [1.807, 2.05) is 24.3 Å². The van der Waals surface area contributed by atoms with Crippen LogP contribution in [0, 0.1) is 15.4 Å². The SMILES string of the molecule is CC(=O)N[C@H](C(=O)N[C@@H](CCCN=C(N)N)C(=O)N[C@H](Cc1ccc(I)cc1)C(=O)N[C@@H](CC1CCCCC1)C(N)=O)C(C)C. The molecule has 0 spiro atoms. The van der Waals surface area contributed by atoms with Crippen LogP contribution in [0.1, 0.15) is 77.7 Å². The fourth-order valence-electron chi connectivity index (χ4n) is 5.40. The predicted octanol–water partition coefficient (Wildman–Crippen LogP) is 0.958. The van der Waals surface area contributed by atoms with Gasteiger partial charge in [0.25, 0.3) is 0 Å². The van der Waals surface area contributed by atoms with E-state index in [4.69, 9.17) is 17.2 Å². The standard InChI is InChI=1S/C31H49IN8O5/c1-18(2)26(37-19(3)41)30(45)38-23(10-7-15-36-31(34)35)28(43)40-25(17-21-11-13-22(32)14-12-21)29(44)39-24(27(33)42)16-20-8-5-4-6-9-20/h11-14,18,20,23-26H,4-10,15-17H2,1-3H3,(H2,33,42)(H,37,41)(H,38,45)(H,39,44)(H,40,43)(H4,34,35,36)/t23-,24-,25+,26-/m0/s1. The molecule has 0 heterocycles. The predicted molar refractivity (Wildman–Crippen MR) is 181 cm³/mol. The van der Waals surface area contributed by atoms with Gasteiger partial charge in [0, 0.05) is 23.5 Å². The van der Waals surface area contributed by atoms with Crippen LogP contribution in [-0.4, -0.2) is 66.2 Å². The molecule has 1 aromatic carbocycles. The zero-order chi connectivity index (χ0) is 33.5. The quantitative estimate of drug-likeness (QED) is 0.0530. The highest BCUT2D eigenvalue weighted by molar-refractivity contribution is 14.1. The van der Waals surface area contributed by atoms with Crippen LogP contribution < -0.4 is 38.5 Å². The third kappa shape index (κ3) is 14.0. The van der Waals surface area contributed by atoms with Crippen molar-refractivity contribution in [2.75, 3.05) is 6.54 Å². The summed E-state index contributed by atoms with van der Waals surface area (Å²) in [5.74, 6) is -2.78. The van der Waals surface area contributed by atoms with Gasteiger partial charge in [-0.2, -0.15) is 0 Å². The molecule has 0 saturated heterocycles. The molecule has 4 atom stereocenters. The molecule has 250 valence electrons. The number of amides is 5. The van der Waals surface area contributed by atoms with Gasteiger partial charge < -0.3 is 38.5 Å². The highest BCUT2D eigenvalue weighted by Crippen LogP contribution is 2.27. The lowest BCUT2D eigenvalue weighted by Gasteiger charge is -2.28. The second-order valence-electron chi connectivity index (χ2n) is 12.0. The van der Waals surface area contributed by atoms with Gasteiger partial charge in [-0.15, -0.1) is 0 Å². The van der Waals surface area contributed by atoms with E-state index in [0.29, 0.717) is 12.8 Å². The van der Waals surface area contributed by atoms with Crippen molar-refractivity contribution < 1.29 is 24.0 Å². The van der Waals surface area contributed by atoms with Crippen LogP contribution in [0.4, 0.5) is 0 Å². The number of carbonyl (C=O) groups is 5. The van der Waals surface area contributed by atoms with E-state index in [1.165, 1.54) is 6.92 Å². The Morgan fingerprint density at radius 2 is 1.42 bits per heavy atom. The van der Waals surface area contributed by atoms with Crippen LogP contribution in [0.25, 0.3) is 0 Å². The van der Waals surface area contributed by atoms with Crippen LogP contribution in [0.15, 0.2) is 29.3 Å². The van der Waals surface area contributed by atoms with E-state index in [2.05, 4.69) is 48.9 Å². The third-order valence-electron chi connectivity index (χ3n) is 7.83. The number of hydrogen-bond acceptors (Lipinski definition) is 6. The van der Waals surface area contributed by atoms with Crippen LogP contribution in [0.2, 0.25) is 0 Å². The molecule has 10 N–H and O–H groups in total. The van der Waals surface area contributed by atoms with Crippen molar-refractivity contribution in [1.29, 1.82) is 0 Å². The van der Waals surface area contributed by atoms with Crippen molar-refractivity contribution >= 4 is 58.1 Å². The highest BCUT2D eigenvalue weighted by Gasteiger charge is 2.32. The molecule has 14 heteroatoms. The number of carbonyl (C=O) groups excluding carboxylic acids is 5. The van der Waals surface area contributed by atoms with Crippen LogP contribution >= 0.6 is 22.6 Å². The number of guanidine groups is 1. The Balaban J connectivity index is 2.30. The molecule has 1 fully saturated rings. The Labute approximate surface area is 279 Å². The lowest BCUT2D eigenvalue weighted by atomic mass is 9.84. The van der Waals surface area contributed by atoms with Gasteiger partial charge in [0.05, 0.1) is 0 Å². The van der Waals surface area contributed by atoms with Crippen molar-refractivity contribution in [3.63, 3.8) is 0 Å². The van der Waals surface area contributed by atoms with E-state index in [9.17, 15) is 24.0 Å². The number of primary amides is 1. The third-order valence-corrected chi connectivity index (χ3v) is 8.55. The summed E-state index contributed by atoms with van der Waals surface area (Å²) in [6.07, 6.45) is 6.33. The summed E-state index contributed by atoms with van der Waals surface area (Å²) < 4.78 is 1.00. The number of benzene rings is 1. The zero-order valence-electron chi connectivity index (χ0n) is 26.4. The lowest BCUT2D eigenvalue weighted by Crippen LogP contribution is -2.59. The Hall–Kier alpha value is -3.43. The summed E-state index contributed by atoms with van der Waals surface area (Å²) in [5, 5.41) is 10.9. The molecule has 45 heavy (non-hydrogen) atoms. The number of halogens is 1. The van der Waals surface area contributed by atoms with E-state index >= 15 is 0 Å². The summed E-state index contributed by atoms with van der Waals surface area (Å²) in [4.78, 5) is 68.7. The monoisotopic (exact) mass is 740 g/mol. The van der Waals surface area contributed by atoms with E-state index < -0.39 is 47.8 Å². The Kier molecular flexibility index (Phi) is 16.1. The molecular formula is C31H49IN8O5. The van der Waals surface area contributed by atoms with Crippen molar-refractivity contribution in [2.45, 2.75) is 103 Å². The van der Waals surface area contributed by atoms with Gasteiger partial charge in [-0.1, -0.05) is 58.1 Å². The normalized spacial score (nSPS) is 16.0. The first-order valence-corrected chi connectivity index (χ1v) is 16.6. The summed E-state index contributed by atoms with van der Waals surface area (Å²) in [7, 11) is 0. The molecule has 1 aliphatic rings. The minimum atomic E-state index is -1.07.